The fourth-order valence-corrected chi connectivity index (χ4v) is 0. The van der Waals surface area contributed by atoms with Crippen molar-refractivity contribution in [1.29, 1.82) is 0 Å². The number of hydrogen-bond donors (Lipinski definition) is 0. The first-order valence-corrected chi connectivity index (χ1v) is 4.00. The molecule has 0 saturated heterocycles. The zero-order valence-electron chi connectivity index (χ0n) is 5.50. The molecule has 0 aromatic rings. The van der Waals surface area contributed by atoms with Crippen molar-refractivity contribution in [3.63, 3.8) is 0 Å². The molecule has 0 bridgehead atoms. The molecule has 0 aliphatic heterocycles. The van der Waals surface area contributed by atoms with Crippen molar-refractivity contribution in [2.24, 2.45) is 0 Å². The van der Waals surface area contributed by atoms with E-state index in [1.165, 1.54) is 0 Å². The molecular formula is BaO8RaS2. The molecule has 0 aromatic carbocycles. The van der Waals surface area contributed by atoms with Crippen LogP contribution in [0.5, 0.6) is 0 Å². The Balaban J connectivity index is -0.0000000457. The minimum atomic E-state index is -5.17. The van der Waals surface area contributed by atoms with Gasteiger partial charge in [-0.1, -0.05) is 0 Å². The second-order valence-electron chi connectivity index (χ2n) is 0.816. The molecule has 0 aliphatic carbocycles. The number of hydrogen-bond acceptors (Lipinski definition) is 8. The maximum Gasteiger partial charge on any atom is 2.00 e. The van der Waals surface area contributed by atoms with E-state index in [2.05, 4.69) is 0 Å². The van der Waals surface area contributed by atoms with E-state index in [-0.39, 0.29) is 93.9 Å². The smallest absolute Gasteiger partial charge is 0.759 e. The molecule has 0 radical (unpaired) electrons. The summed E-state index contributed by atoms with van der Waals surface area (Å²) in [5.41, 5.74) is 0. The normalized spacial score (nSPS) is 9.67. The van der Waals surface area contributed by atoms with Crippen molar-refractivity contribution in [2.75, 3.05) is 0 Å². The average molecular weight is 555 g/mol. The molecule has 0 rings (SSSR count). The van der Waals surface area contributed by atoms with E-state index in [0.717, 1.165) is 0 Å². The van der Waals surface area contributed by atoms with Crippen LogP contribution in [0.1, 0.15) is 0 Å². The minimum Gasteiger partial charge on any atom is -0.759 e. The van der Waals surface area contributed by atoms with Crippen LogP contribution in [0.15, 0.2) is 0 Å². The van der Waals surface area contributed by atoms with Gasteiger partial charge in [0.05, 0.1) is 0 Å². The van der Waals surface area contributed by atoms with Gasteiger partial charge in [-0.25, -0.2) is 0 Å². The Kier molecular flexibility index (Phi) is 20.7. The molecule has 0 unspecified atom stereocenters. The van der Waals surface area contributed by atoms with Gasteiger partial charge in [-0.2, -0.15) is 0 Å². The van der Waals surface area contributed by atoms with Crippen molar-refractivity contribution >= 4 is 69.7 Å². The molecule has 0 spiro atoms. The Bertz CT molecular complexity index is 213. The van der Waals surface area contributed by atoms with Crippen LogP contribution in [0.4, 0.5) is 0 Å². The summed E-state index contributed by atoms with van der Waals surface area (Å²) in [5.74, 6) is 0. The summed E-state index contributed by atoms with van der Waals surface area (Å²) in [6, 6.07) is 0. The third-order valence-electron chi connectivity index (χ3n) is 0. The molecule has 0 amide bonds. The topological polar surface area (TPSA) is 161 Å². The standard InChI is InChI=1S/Ba.2H2O4S.Ra/c;2*1-5(2,3)4;/h;2*(H2,1,2,3,4);/q+2;;;+2/p-4. The van der Waals surface area contributed by atoms with Crippen LogP contribution in [0, 0.1) is 45.0 Å². The predicted molar refractivity (Wildman–Crippen MR) is 26.7 cm³/mol. The molecule has 0 aliphatic rings. The molecular weight excluding hydrogens is 555 g/mol. The first-order valence-electron chi connectivity index (χ1n) is 1.33. The first-order chi connectivity index (χ1) is 4.00. The molecule has 12 heavy (non-hydrogen) atoms. The number of rotatable bonds is 0. The summed E-state index contributed by atoms with van der Waals surface area (Å²) < 4.78 is 68.2. The molecule has 64 valence electrons. The molecule has 12 heteroatoms. The van der Waals surface area contributed by atoms with Crippen LogP contribution in [0.2, 0.25) is 0 Å². The van der Waals surface area contributed by atoms with Crippen LogP contribution < -0.4 is 0 Å². The van der Waals surface area contributed by atoms with E-state index in [0.29, 0.717) is 0 Å². The van der Waals surface area contributed by atoms with E-state index in [9.17, 15) is 0 Å². The van der Waals surface area contributed by atoms with Crippen LogP contribution in [-0.2, 0) is 20.8 Å². The van der Waals surface area contributed by atoms with Crippen molar-refractivity contribution in [2.45, 2.75) is 0 Å². The Morgan fingerprint density at radius 2 is 0.667 bits per heavy atom. The SMILES string of the molecule is O=S(=O)([O-])[O-].O=S(=O)([O-])[O-].[Ba+2].[Ra+2]. The van der Waals surface area contributed by atoms with Gasteiger partial charge in [0.1, 0.15) is 0 Å². The largest absolute Gasteiger partial charge is 2.00 e. The predicted octanol–water partition coefficient (Wildman–Crippen LogP) is -3.06. The van der Waals surface area contributed by atoms with Gasteiger partial charge in [0.2, 0.25) is 0 Å². The minimum absolute atomic E-state index is 0. The van der Waals surface area contributed by atoms with Crippen molar-refractivity contribution < 1.29 is 80.1 Å². The zero-order chi connectivity index (χ0) is 9.00. The van der Waals surface area contributed by atoms with Gasteiger partial charge in [-0.3, -0.25) is 16.8 Å². The fraction of sp³-hybridized carbons (Fsp3) is 0. The van der Waals surface area contributed by atoms with Gasteiger partial charge in [0.25, 0.3) is 0 Å². The van der Waals surface area contributed by atoms with Gasteiger partial charge < -0.3 is 18.2 Å². The van der Waals surface area contributed by atoms with E-state index in [4.69, 9.17) is 35.0 Å². The van der Waals surface area contributed by atoms with E-state index < -0.39 is 20.8 Å². The van der Waals surface area contributed by atoms with Gasteiger partial charge in [0, 0.05) is 20.8 Å². The summed E-state index contributed by atoms with van der Waals surface area (Å²) in [6.07, 6.45) is 0. The Morgan fingerprint density at radius 3 is 0.667 bits per heavy atom. The van der Waals surface area contributed by atoms with E-state index in [1.54, 1.807) is 0 Å². The summed E-state index contributed by atoms with van der Waals surface area (Å²) in [5, 5.41) is 0. The van der Waals surface area contributed by atoms with Crippen LogP contribution in [-0.4, -0.2) is 83.9 Å². The summed E-state index contributed by atoms with van der Waals surface area (Å²) in [7, 11) is -10.3. The van der Waals surface area contributed by atoms with Crippen molar-refractivity contribution in [3.05, 3.63) is 0 Å². The third kappa shape index (κ3) is 230. The monoisotopic (exact) mass is 556 g/mol. The maximum atomic E-state index is 8.52. The Hall–Kier alpha value is 2.78. The van der Waals surface area contributed by atoms with Gasteiger partial charge in [-0.05, 0) is 0 Å². The summed E-state index contributed by atoms with van der Waals surface area (Å²) in [6.45, 7) is 0. The summed E-state index contributed by atoms with van der Waals surface area (Å²) >= 11 is 0. The average Bonchev–Trinajstić information content (AvgIpc) is 1.12. The molecule has 0 saturated carbocycles. The third-order valence-corrected chi connectivity index (χ3v) is 0. The Labute approximate surface area is 146 Å². The molecule has 0 aromatic heterocycles. The Morgan fingerprint density at radius 1 is 0.667 bits per heavy atom. The quantitative estimate of drug-likeness (QED) is 0.173. The van der Waals surface area contributed by atoms with Crippen LogP contribution >= 0.6 is 0 Å². The van der Waals surface area contributed by atoms with Crippen LogP contribution in [0.3, 0.4) is 0 Å². The van der Waals surface area contributed by atoms with E-state index >= 15 is 0 Å². The first kappa shape index (κ1) is 24.2. The second kappa shape index (κ2) is 10.3. The van der Waals surface area contributed by atoms with Crippen molar-refractivity contribution in [3.8, 4) is 0 Å². The molecule has 0 heterocycles. The van der Waals surface area contributed by atoms with Gasteiger partial charge in [0.15, 0.2) is 0 Å². The zero-order valence-corrected chi connectivity index (χ0v) is 17.4. The molecule has 0 N–H and O–H groups in total. The molecule has 8 nitrogen and oxygen atoms in total. The van der Waals surface area contributed by atoms with E-state index in [1.807, 2.05) is 0 Å². The van der Waals surface area contributed by atoms with Crippen molar-refractivity contribution in [1.82, 2.24) is 0 Å². The van der Waals surface area contributed by atoms with Crippen LogP contribution in [0.25, 0.3) is 0 Å². The molecule has 0 fully saturated rings. The van der Waals surface area contributed by atoms with Gasteiger partial charge in [-0.15, -0.1) is 0 Å². The maximum absolute atomic E-state index is 8.52. The fourth-order valence-electron chi connectivity index (χ4n) is 0. The van der Waals surface area contributed by atoms with Gasteiger partial charge >= 0.3 is 93.9 Å². The summed E-state index contributed by atoms with van der Waals surface area (Å²) in [4.78, 5) is 0. The second-order valence-corrected chi connectivity index (χ2v) is 2.45. The molecule has 0 atom stereocenters.